The van der Waals surface area contributed by atoms with E-state index in [1.807, 2.05) is 6.92 Å². The standard InChI is InChI=1S/C16H24FNO3S/c1-4-14(15-6-5-9-21-15)18-11(2)12-7-8-16(13(17)10-12)22(3,19)20/h7-8,10-11,14-15,18H,4-6,9H2,1-3H3/t11-,14-,15+/m0/s1. The van der Waals surface area contributed by atoms with Crippen LogP contribution in [0.4, 0.5) is 4.39 Å². The van der Waals surface area contributed by atoms with E-state index in [1.54, 1.807) is 6.07 Å². The number of benzene rings is 1. The molecule has 0 spiro atoms. The van der Waals surface area contributed by atoms with Gasteiger partial charge in [-0.1, -0.05) is 13.0 Å². The van der Waals surface area contributed by atoms with Gasteiger partial charge in [-0.2, -0.15) is 0 Å². The van der Waals surface area contributed by atoms with Crippen LogP contribution in [0.25, 0.3) is 0 Å². The SMILES string of the molecule is CC[C@H](N[C@@H](C)c1ccc(S(C)(=O)=O)c(F)c1)[C@H]1CCCO1. The molecule has 3 atom stereocenters. The van der Waals surface area contributed by atoms with Crippen molar-refractivity contribution in [3.8, 4) is 0 Å². The van der Waals surface area contributed by atoms with Crippen LogP contribution in [0.3, 0.4) is 0 Å². The summed E-state index contributed by atoms with van der Waals surface area (Å²) in [5.74, 6) is -0.696. The van der Waals surface area contributed by atoms with Crippen LogP contribution >= 0.6 is 0 Å². The second-order valence-corrected chi connectivity index (χ2v) is 7.90. The highest BCUT2D eigenvalue weighted by atomic mass is 32.2. The van der Waals surface area contributed by atoms with Crippen LogP contribution in [0.5, 0.6) is 0 Å². The molecule has 22 heavy (non-hydrogen) atoms. The molecule has 0 radical (unpaired) electrons. The molecule has 1 N–H and O–H groups in total. The van der Waals surface area contributed by atoms with Gasteiger partial charge in [-0.05, 0) is 43.9 Å². The molecule has 124 valence electrons. The molecule has 1 aromatic rings. The number of hydrogen-bond donors (Lipinski definition) is 1. The Kier molecular flexibility index (Phi) is 5.58. The van der Waals surface area contributed by atoms with Crippen molar-refractivity contribution in [3.63, 3.8) is 0 Å². The van der Waals surface area contributed by atoms with Gasteiger partial charge in [-0.15, -0.1) is 0 Å². The molecule has 0 aromatic heterocycles. The van der Waals surface area contributed by atoms with E-state index in [0.717, 1.165) is 37.7 Å². The Bertz CT molecular complexity index is 612. The van der Waals surface area contributed by atoms with Crippen LogP contribution in [-0.2, 0) is 14.6 Å². The third-order valence-corrected chi connectivity index (χ3v) is 5.30. The fraction of sp³-hybridized carbons (Fsp3) is 0.625. The fourth-order valence-electron chi connectivity index (χ4n) is 2.91. The minimum absolute atomic E-state index is 0.0720. The second kappa shape index (κ2) is 7.06. The van der Waals surface area contributed by atoms with Gasteiger partial charge < -0.3 is 10.1 Å². The lowest BCUT2D eigenvalue weighted by molar-refractivity contribution is 0.0735. The minimum atomic E-state index is -3.53. The molecule has 1 aliphatic heterocycles. The van der Waals surface area contributed by atoms with Crippen molar-refractivity contribution >= 4 is 9.84 Å². The molecular formula is C16H24FNO3S. The Hall–Kier alpha value is -0.980. The first-order valence-corrected chi connectivity index (χ1v) is 9.59. The maximum Gasteiger partial charge on any atom is 0.178 e. The maximum absolute atomic E-state index is 14.0. The van der Waals surface area contributed by atoms with Crippen LogP contribution in [0.2, 0.25) is 0 Å². The van der Waals surface area contributed by atoms with Crippen molar-refractivity contribution < 1.29 is 17.5 Å². The van der Waals surface area contributed by atoms with E-state index in [9.17, 15) is 12.8 Å². The lowest BCUT2D eigenvalue weighted by Crippen LogP contribution is -2.40. The summed E-state index contributed by atoms with van der Waals surface area (Å²) < 4.78 is 42.6. The van der Waals surface area contributed by atoms with Gasteiger partial charge in [0.1, 0.15) is 10.7 Å². The molecule has 1 saturated heterocycles. The number of ether oxygens (including phenoxy) is 1. The van der Waals surface area contributed by atoms with Gasteiger partial charge in [0, 0.05) is 24.9 Å². The monoisotopic (exact) mass is 329 g/mol. The quantitative estimate of drug-likeness (QED) is 0.872. The highest BCUT2D eigenvalue weighted by Gasteiger charge is 2.26. The predicted molar refractivity (Wildman–Crippen MR) is 84.1 cm³/mol. The molecule has 0 saturated carbocycles. The highest BCUT2D eigenvalue weighted by molar-refractivity contribution is 7.90. The number of halogens is 1. The number of sulfone groups is 1. The molecule has 1 aliphatic rings. The summed E-state index contributed by atoms with van der Waals surface area (Å²) in [5, 5.41) is 3.47. The van der Waals surface area contributed by atoms with Gasteiger partial charge in [0.25, 0.3) is 0 Å². The van der Waals surface area contributed by atoms with Gasteiger partial charge in [-0.25, -0.2) is 12.8 Å². The van der Waals surface area contributed by atoms with Crippen LogP contribution < -0.4 is 5.32 Å². The van der Waals surface area contributed by atoms with Crippen molar-refractivity contribution in [1.82, 2.24) is 5.32 Å². The molecule has 6 heteroatoms. The highest BCUT2D eigenvalue weighted by Crippen LogP contribution is 2.23. The number of nitrogens with one attached hydrogen (secondary N) is 1. The summed E-state index contributed by atoms with van der Waals surface area (Å²) in [6, 6.07) is 4.45. The molecule has 1 heterocycles. The van der Waals surface area contributed by atoms with Gasteiger partial charge in [0.2, 0.25) is 0 Å². The van der Waals surface area contributed by atoms with Crippen molar-refractivity contribution in [2.45, 2.75) is 56.2 Å². The van der Waals surface area contributed by atoms with Gasteiger partial charge in [-0.3, -0.25) is 0 Å². The average Bonchev–Trinajstić information content (AvgIpc) is 2.96. The minimum Gasteiger partial charge on any atom is -0.377 e. The Morgan fingerprint density at radius 2 is 2.18 bits per heavy atom. The maximum atomic E-state index is 14.0. The fourth-order valence-corrected chi connectivity index (χ4v) is 3.64. The van der Waals surface area contributed by atoms with E-state index in [2.05, 4.69) is 12.2 Å². The lowest BCUT2D eigenvalue weighted by Gasteiger charge is -2.27. The summed E-state index contributed by atoms with van der Waals surface area (Å²) in [6.07, 6.45) is 4.26. The predicted octanol–water partition coefficient (Wildman–Crippen LogP) is 2.84. The molecule has 0 unspecified atom stereocenters. The lowest BCUT2D eigenvalue weighted by atomic mass is 10.0. The Morgan fingerprint density at radius 1 is 1.45 bits per heavy atom. The molecule has 0 bridgehead atoms. The normalized spacial score (nSPS) is 21.7. The van der Waals surface area contributed by atoms with Crippen molar-refractivity contribution in [1.29, 1.82) is 0 Å². The van der Waals surface area contributed by atoms with E-state index in [0.29, 0.717) is 0 Å². The second-order valence-electron chi connectivity index (χ2n) is 5.92. The van der Waals surface area contributed by atoms with Crippen LogP contribution in [-0.4, -0.2) is 33.4 Å². The van der Waals surface area contributed by atoms with Gasteiger partial charge in [0.15, 0.2) is 9.84 Å². The smallest absolute Gasteiger partial charge is 0.178 e. The van der Waals surface area contributed by atoms with Crippen molar-refractivity contribution in [2.24, 2.45) is 0 Å². The number of hydrogen-bond acceptors (Lipinski definition) is 4. The van der Waals surface area contributed by atoms with E-state index >= 15 is 0 Å². The summed E-state index contributed by atoms with van der Waals surface area (Å²) >= 11 is 0. The Morgan fingerprint density at radius 3 is 2.68 bits per heavy atom. The Balaban J connectivity index is 2.12. The van der Waals surface area contributed by atoms with Crippen LogP contribution in [0.1, 0.15) is 44.7 Å². The number of rotatable bonds is 6. The van der Waals surface area contributed by atoms with Gasteiger partial charge >= 0.3 is 0 Å². The third kappa shape index (κ3) is 4.06. The summed E-state index contributed by atoms with van der Waals surface area (Å²) in [7, 11) is -3.53. The largest absolute Gasteiger partial charge is 0.377 e. The zero-order valence-electron chi connectivity index (χ0n) is 13.3. The summed E-state index contributed by atoms with van der Waals surface area (Å²) in [5.41, 5.74) is 0.737. The summed E-state index contributed by atoms with van der Waals surface area (Å²) in [6.45, 7) is 4.85. The first kappa shape index (κ1) is 17.4. The first-order valence-electron chi connectivity index (χ1n) is 7.70. The molecular weight excluding hydrogens is 305 g/mol. The van der Waals surface area contributed by atoms with E-state index in [-0.39, 0.29) is 23.1 Å². The molecule has 0 amide bonds. The molecule has 0 aliphatic carbocycles. The molecule has 4 nitrogen and oxygen atoms in total. The molecule has 1 aromatic carbocycles. The van der Waals surface area contributed by atoms with E-state index < -0.39 is 15.7 Å². The zero-order valence-corrected chi connectivity index (χ0v) is 14.1. The zero-order chi connectivity index (χ0) is 16.3. The molecule has 1 fully saturated rings. The van der Waals surface area contributed by atoms with Gasteiger partial charge in [0.05, 0.1) is 6.10 Å². The van der Waals surface area contributed by atoms with Crippen LogP contribution in [0, 0.1) is 5.82 Å². The Labute approximate surface area is 132 Å². The third-order valence-electron chi connectivity index (χ3n) is 4.17. The van der Waals surface area contributed by atoms with Crippen molar-refractivity contribution in [2.75, 3.05) is 12.9 Å². The average molecular weight is 329 g/mol. The van der Waals surface area contributed by atoms with Crippen LogP contribution in [0.15, 0.2) is 23.1 Å². The molecule has 2 rings (SSSR count). The summed E-state index contributed by atoms with van der Waals surface area (Å²) in [4.78, 5) is -0.255. The van der Waals surface area contributed by atoms with E-state index in [4.69, 9.17) is 4.74 Å². The van der Waals surface area contributed by atoms with Crippen molar-refractivity contribution in [3.05, 3.63) is 29.6 Å². The topological polar surface area (TPSA) is 55.4 Å². The first-order chi connectivity index (χ1) is 10.3. The van der Waals surface area contributed by atoms with E-state index in [1.165, 1.54) is 12.1 Å².